The Morgan fingerprint density at radius 2 is 2.03 bits per heavy atom. The second kappa shape index (κ2) is 8.99. The summed E-state index contributed by atoms with van der Waals surface area (Å²) in [7, 11) is 0. The summed E-state index contributed by atoms with van der Waals surface area (Å²) in [4.78, 5) is 40.0. The molecule has 0 unspecified atom stereocenters. The molecule has 2 fully saturated rings. The Balaban J connectivity index is 2.21. The van der Waals surface area contributed by atoms with E-state index in [0.29, 0.717) is 49.8 Å². The highest BCUT2D eigenvalue weighted by Crippen LogP contribution is 2.35. The summed E-state index contributed by atoms with van der Waals surface area (Å²) in [5.74, 6) is -1.05. The van der Waals surface area contributed by atoms with E-state index in [1.807, 2.05) is 17.9 Å². The summed E-state index contributed by atoms with van der Waals surface area (Å²) in [6.07, 6.45) is 1.60. The van der Waals surface area contributed by atoms with E-state index in [4.69, 9.17) is 22.1 Å². The predicted molar refractivity (Wildman–Crippen MR) is 116 cm³/mol. The number of nitrogens with zero attached hydrogens (tertiary/aromatic N) is 4. The molecule has 1 amide bonds. The molecule has 1 aromatic heterocycles. The van der Waals surface area contributed by atoms with Gasteiger partial charge in [0.05, 0.1) is 18.1 Å². The van der Waals surface area contributed by atoms with Crippen molar-refractivity contribution in [3.05, 3.63) is 31.9 Å². The number of aromatic nitrogens is 1. The van der Waals surface area contributed by atoms with E-state index < -0.39 is 18.4 Å². The summed E-state index contributed by atoms with van der Waals surface area (Å²) < 4.78 is 7.11. The second-order valence-corrected chi connectivity index (χ2v) is 8.34. The molecule has 1 N–H and O–H groups in total. The number of rotatable bonds is 5. The highest BCUT2D eigenvalue weighted by atomic mass is 32.2. The molecule has 0 saturated carbocycles. The van der Waals surface area contributed by atoms with Crippen LogP contribution in [-0.4, -0.2) is 63.6 Å². The van der Waals surface area contributed by atoms with E-state index in [0.717, 1.165) is 16.7 Å². The maximum absolute atomic E-state index is 12.9. The average Bonchev–Trinajstić information content (AvgIpc) is 2.97. The van der Waals surface area contributed by atoms with Crippen LogP contribution in [0.15, 0.2) is 9.70 Å². The van der Waals surface area contributed by atoms with Gasteiger partial charge >= 0.3 is 5.97 Å². The van der Waals surface area contributed by atoms with Crippen molar-refractivity contribution in [3.8, 4) is 6.07 Å². The smallest absolute Gasteiger partial charge is 0.323 e. The topological polar surface area (TPSA) is 116 Å². The number of thioether (sulfide) groups is 1. The Bertz CT molecular complexity index is 1050. The number of carbonyl (C=O) groups excluding carboxylic acids is 1. The van der Waals surface area contributed by atoms with Crippen LogP contribution in [-0.2, 0) is 20.9 Å². The van der Waals surface area contributed by atoms with Crippen LogP contribution in [0.2, 0.25) is 0 Å². The second-order valence-electron chi connectivity index (χ2n) is 6.66. The molecule has 0 aliphatic carbocycles. The van der Waals surface area contributed by atoms with E-state index in [1.54, 1.807) is 13.0 Å². The number of ether oxygens (including phenoxy) is 1. The van der Waals surface area contributed by atoms with Crippen molar-refractivity contribution >= 4 is 52.1 Å². The molecule has 0 atom stereocenters. The Kier molecular flexibility index (Phi) is 6.60. The molecule has 9 nitrogen and oxygen atoms in total. The largest absolute Gasteiger partial charge is 0.480 e. The number of hydrogen-bond acceptors (Lipinski definition) is 8. The van der Waals surface area contributed by atoms with Crippen LogP contribution in [0.25, 0.3) is 6.08 Å². The lowest BCUT2D eigenvalue weighted by molar-refractivity contribution is -0.140. The number of carboxylic acid groups (broad SMARTS) is 1. The van der Waals surface area contributed by atoms with Gasteiger partial charge in [0.1, 0.15) is 28.3 Å². The van der Waals surface area contributed by atoms with E-state index in [2.05, 4.69) is 0 Å². The van der Waals surface area contributed by atoms with Gasteiger partial charge in [-0.05, 0) is 25.5 Å². The van der Waals surface area contributed by atoms with Crippen LogP contribution < -0.4 is 10.5 Å². The van der Waals surface area contributed by atoms with Gasteiger partial charge in [0, 0.05) is 25.2 Å². The minimum Gasteiger partial charge on any atom is -0.480 e. The van der Waals surface area contributed by atoms with E-state index >= 15 is 0 Å². The van der Waals surface area contributed by atoms with Gasteiger partial charge in [0.2, 0.25) is 0 Å². The van der Waals surface area contributed by atoms with Crippen LogP contribution in [0.3, 0.4) is 0 Å². The highest BCUT2D eigenvalue weighted by Gasteiger charge is 2.34. The van der Waals surface area contributed by atoms with Crippen molar-refractivity contribution in [2.45, 2.75) is 20.4 Å². The van der Waals surface area contributed by atoms with Crippen LogP contribution >= 0.6 is 24.0 Å². The van der Waals surface area contributed by atoms with Crippen LogP contribution in [0.4, 0.5) is 5.82 Å². The molecule has 30 heavy (non-hydrogen) atoms. The van der Waals surface area contributed by atoms with Gasteiger partial charge in [-0.25, -0.2) is 0 Å². The molecule has 0 bridgehead atoms. The van der Waals surface area contributed by atoms with Crippen molar-refractivity contribution in [3.63, 3.8) is 0 Å². The minimum absolute atomic E-state index is 0.0149. The highest BCUT2D eigenvalue weighted by molar-refractivity contribution is 8.26. The molecule has 1 aromatic rings. The quantitative estimate of drug-likeness (QED) is 0.523. The van der Waals surface area contributed by atoms with Crippen LogP contribution in [0.5, 0.6) is 0 Å². The molecule has 158 valence electrons. The third-order valence-electron chi connectivity index (χ3n) is 4.92. The number of thiocarbonyl (C=S) groups is 1. The molecule has 2 aliphatic rings. The van der Waals surface area contributed by atoms with Crippen molar-refractivity contribution in [1.29, 1.82) is 5.26 Å². The third-order valence-corrected chi connectivity index (χ3v) is 6.29. The van der Waals surface area contributed by atoms with Crippen LogP contribution in [0, 0.1) is 18.3 Å². The Morgan fingerprint density at radius 3 is 2.60 bits per heavy atom. The molecule has 3 rings (SSSR count). The zero-order valence-corrected chi connectivity index (χ0v) is 18.1. The van der Waals surface area contributed by atoms with Crippen LogP contribution in [0.1, 0.15) is 23.6 Å². The number of hydrogen-bond donors (Lipinski definition) is 1. The number of carbonyl (C=O) groups is 2. The van der Waals surface area contributed by atoms with Crippen molar-refractivity contribution in [2.75, 3.05) is 37.7 Å². The summed E-state index contributed by atoms with van der Waals surface area (Å²) in [6, 6.07) is 1.98. The molecule has 3 heterocycles. The molecular weight excluding hydrogens is 428 g/mol. The summed E-state index contributed by atoms with van der Waals surface area (Å²) in [5, 5.41) is 18.6. The van der Waals surface area contributed by atoms with Gasteiger partial charge in [0.25, 0.3) is 11.5 Å². The zero-order valence-electron chi connectivity index (χ0n) is 16.5. The number of aliphatic carboxylic acids is 1. The number of morpholine rings is 1. The maximum Gasteiger partial charge on any atom is 0.323 e. The fourth-order valence-corrected chi connectivity index (χ4v) is 4.69. The Morgan fingerprint density at radius 1 is 1.37 bits per heavy atom. The van der Waals surface area contributed by atoms with Crippen molar-refractivity contribution in [1.82, 2.24) is 9.47 Å². The first-order valence-electron chi connectivity index (χ1n) is 9.27. The number of nitriles is 1. The molecule has 11 heteroatoms. The summed E-state index contributed by atoms with van der Waals surface area (Å²) >= 11 is 6.17. The van der Waals surface area contributed by atoms with Gasteiger partial charge in [-0.15, -0.1) is 0 Å². The first-order valence-corrected chi connectivity index (χ1v) is 10.5. The van der Waals surface area contributed by atoms with Gasteiger partial charge in [-0.2, -0.15) is 5.26 Å². The Hall–Kier alpha value is -2.68. The lowest BCUT2D eigenvalue weighted by Gasteiger charge is -2.33. The molecule has 0 aromatic carbocycles. The Labute approximate surface area is 182 Å². The lowest BCUT2D eigenvalue weighted by atomic mass is 10.0. The normalized spacial score (nSPS) is 18.2. The number of carboxylic acids is 1. The molecule has 2 aliphatic heterocycles. The van der Waals surface area contributed by atoms with Gasteiger partial charge < -0.3 is 14.7 Å². The number of pyridine rings is 1. The summed E-state index contributed by atoms with van der Waals surface area (Å²) in [5.41, 5.74) is 0.679. The average molecular weight is 449 g/mol. The zero-order chi connectivity index (χ0) is 22.0. The van der Waals surface area contributed by atoms with E-state index in [9.17, 15) is 19.6 Å². The fraction of sp³-hybridized carbons (Fsp3) is 0.421. The lowest BCUT2D eigenvalue weighted by Crippen LogP contribution is -2.41. The first-order chi connectivity index (χ1) is 14.3. The molecular formula is C19H20N4O5S2. The minimum atomic E-state index is -1.16. The maximum atomic E-state index is 12.9. The van der Waals surface area contributed by atoms with Gasteiger partial charge in [-0.1, -0.05) is 24.0 Å². The standard InChI is InChI=1S/C19H20N4O5S2/c1-3-22-16(21-4-6-28-7-5-21)12(11(2)13(9-20)17(22)26)8-14-18(27)23(10-15(24)25)19(29)30-14/h8H,3-7,10H2,1-2H3,(H,24,25)/b14-8-. The molecule has 2 saturated heterocycles. The van der Waals surface area contributed by atoms with Crippen molar-refractivity contribution < 1.29 is 19.4 Å². The predicted octanol–water partition coefficient (Wildman–Crippen LogP) is 1.17. The first kappa shape index (κ1) is 22.0. The van der Waals surface area contributed by atoms with E-state index in [-0.39, 0.29) is 20.3 Å². The SMILES string of the molecule is CCn1c(N2CCOCC2)c(/C=C2\SC(=S)N(CC(=O)O)C2=O)c(C)c(C#N)c1=O. The van der Waals surface area contributed by atoms with Gasteiger partial charge in [-0.3, -0.25) is 23.9 Å². The summed E-state index contributed by atoms with van der Waals surface area (Å²) in [6.45, 7) is 5.44. The van der Waals surface area contributed by atoms with Crippen molar-refractivity contribution in [2.24, 2.45) is 0 Å². The third kappa shape index (κ3) is 3.98. The van der Waals surface area contributed by atoms with Gasteiger partial charge in [0.15, 0.2) is 0 Å². The monoisotopic (exact) mass is 448 g/mol. The molecule has 0 radical (unpaired) electrons. The number of amides is 1. The number of anilines is 1. The van der Waals surface area contributed by atoms with E-state index in [1.165, 1.54) is 4.57 Å². The fourth-order valence-electron chi connectivity index (χ4n) is 3.46. The molecule has 0 spiro atoms.